The molecule has 0 aliphatic heterocycles. The van der Waals surface area contributed by atoms with Crippen molar-refractivity contribution in [2.45, 2.75) is 20.5 Å². The van der Waals surface area contributed by atoms with Crippen molar-refractivity contribution in [2.24, 2.45) is 0 Å². The first kappa shape index (κ1) is 13.5. The molecule has 0 atom stereocenters. The Kier molecular flexibility index (Phi) is 4.12. The second-order valence-electron chi connectivity index (χ2n) is 4.45. The van der Waals surface area contributed by atoms with Crippen LogP contribution in [0.5, 0.6) is 0 Å². The predicted molar refractivity (Wildman–Crippen MR) is 77.2 cm³/mol. The summed E-state index contributed by atoms with van der Waals surface area (Å²) in [5, 5.41) is 3.12. The summed E-state index contributed by atoms with van der Waals surface area (Å²) >= 11 is 0. The molecule has 0 radical (unpaired) electrons. The number of anilines is 1. The molecule has 1 heterocycles. The van der Waals surface area contributed by atoms with Gasteiger partial charge in [-0.3, -0.25) is 0 Å². The predicted octanol–water partition coefficient (Wildman–Crippen LogP) is 2.95. The number of hydrogen-bond acceptors (Lipinski definition) is 4. The Balaban J connectivity index is 2.56. The van der Waals surface area contributed by atoms with Gasteiger partial charge in [-0.2, -0.15) is 0 Å². The summed E-state index contributed by atoms with van der Waals surface area (Å²) in [6, 6.07) is 8.05. The van der Waals surface area contributed by atoms with E-state index in [0.717, 1.165) is 34.0 Å². The Morgan fingerprint density at radius 1 is 1.16 bits per heavy atom. The van der Waals surface area contributed by atoms with Gasteiger partial charge in [0, 0.05) is 31.0 Å². The van der Waals surface area contributed by atoms with Gasteiger partial charge in [0.1, 0.15) is 5.82 Å². The molecule has 0 amide bonds. The quantitative estimate of drug-likeness (QED) is 0.914. The molecule has 19 heavy (non-hydrogen) atoms. The van der Waals surface area contributed by atoms with Gasteiger partial charge in [-0.25, -0.2) is 9.97 Å². The third-order valence-electron chi connectivity index (χ3n) is 3.18. The van der Waals surface area contributed by atoms with E-state index in [9.17, 15) is 0 Å². The van der Waals surface area contributed by atoms with Crippen LogP contribution in [0.1, 0.15) is 16.8 Å². The molecular formula is C15H19N3O. The SMILES string of the molecule is CNc1nc(-c2ccccc2COC)nc(C)c1C. The molecule has 2 aromatic rings. The van der Waals surface area contributed by atoms with E-state index in [-0.39, 0.29) is 0 Å². The lowest BCUT2D eigenvalue weighted by Crippen LogP contribution is -2.04. The van der Waals surface area contributed by atoms with Crippen LogP contribution >= 0.6 is 0 Å². The smallest absolute Gasteiger partial charge is 0.162 e. The van der Waals surface area contributed by atoms with Gasteiger partial charge in [-0.1, -0.05) is 24.3 Å². The summed E-state index contributed by atoms with van der Waals surface area (Å²) in [6.45, 7) is 4.58. The normalized spacial score (nSPS) is 10.5. The second-order valence-corrected chi connectivity index (χ2v) is 4.45. The average molecular weight is 257 g/mol. The number of methoxy groups -OCH3 is 1. The van der Waals surface area contributed by atoms with Crippen molar-refractivity contribution in [1.82, 2.24) is 9.97 Å². The first-order valence-electron chi connectivity index (χ1n) is 6.27. The van der Waals surface area contributed by atoms with E-state index in [1.807, 2.05) is 45.2 Å². The lowest BCUT2D eigenvalue weighted by molar-refractivity contribution is 0.185. The molecule has 0 aliphatic carbocycles. The van der Waals surface area contributed by atoms with Gasteiger partial charge in [0.2, 0.25) is 0 Å². The largest absolute Gasteiger partial charge is 0.380 e. The third kappa shape index (κ3) is 2.74. The summed E-state index contributed by atoms with van der Waals surface area (Å²) in [7, 11) is 3.57. The van der Waals surface area contributed by atoms with Crippen LogP contribution in [-0.2, 0) is 11.3 Å². The fourth-order valence-corrected chi connectivity index (χ4v) is 2.01. The molecular weight excluding hydrogens is 238 g/mol. The van der Waals surface area contributed by atoms with E-state index < -0.39 is 0 Å². The van der Waals surface area contributed by atoms with E-state index in [1.165, 1.54) is 0 Å². The Morgan fingerprint density at radius 3 is 2.58 bits per heavy atom. The first-order valence-corrected chi connectivity index (χ1v) is 6.27. The molecule has 0 fully saturated rings. The van der Waals surface area contributed by atoms with E-state index >= 15 is 0 Å². The Hall–Kier alpha value is -1.94. The van der Waals surface area contributed by atoms with Gasteiger partial charge in [-0.15, -0.1) is 0 Å². The van der Waals surface area contributed by atoms with Crippen molar-refractivity contribution in [2.75, 3.05) is 19.5 Å². The van der Waals surface area contributed by atoms with Crippen molar-refractivity contribution < 1.29 is 4.74 Å². The van der Waals surface area contributed by atoms with Crippen molar-refractivity contribution in [3.63, 3.8) is 0 Å². The fraction of sp³-hybridized carbons (Fsp3) is 0.333. The number of ether oxygens (including phenoxy) is 1. The van der Waals surface area contributed by atoms with Crippen molar-refractivity contribution >= 4 is 5.82 Å². The maximum Gasteiger partial charge on any atom is 0.162 e. The van der Waals surface area contributed by atoms with Crippen molar-refractivity contribution in [3.05, 3.63) is 41.1 Å². The van der Waals surface area contributed by atoms with Crippen LogP contribution in [0.4, 0.5) is 5.82 Å². The molecule has 0 spiro atoms. The van der Waals surface area contributed by atoms with E-state index in [0.29, 0.717) is 6.61 Å². The Labute approximate surface area is 113 Å². The molecule has 2 rings (SSSR count). The molecule has 0 unspecified atom stereocenters. The highest BCUT2D eigenvalue weighted by Crippen LogP contribution is 2.24. The summed E-state index contributed by atoms with van der Waals surface area (Å²) in [5.74, 6) is 1.61. The van der Waals surface area contributed by atoms with Crippen molar-refractivity contribution in [3.8, 4) is 11.4 Å². The van der Waals surface area contributed by atoms with Gasteiger partial charge < -0.3 is 10.1 Å². The summed E-state index contributed by atoms with van der Waals surface area (Å²) in [6.07, 6.45) is 0. The number of hydrogen-bond donors (Lipinski definition) is 1. The zero-order valence-corrected chi connectivity index (χ0v) is 11.8. The number of rotatable bonds is 4. The molecule has 4 heteroatoms. The van der Waals surface area contributed by atoms with E-state index in [1.54, 1.807) is 7.11 Å². The van der Waals surface area contributed by atoms with Crippen LogP contribution < -0.4 is 5.32 Å². The number of benzene rings is 1. The number of nitrogens with zero attached hydrogens (tertiary/aromatic N) is 2. The minimum atomic E-state index is 0.557. The topological polar surface area (TPSA) is 47.0 Å². The fourth-order valence-electron chi connectivity index (χ4n) is 2.01. The first-order chi connectivity index (χ1) is 9.17. The molecule has 0 bridgehead atoms. The molecule has 4 nitrogen and oxygen atoms in total. The van der Waals surface area contributed by atoms with Gasteiger partial charge >= 0.3 is 0 Å². The maximum absolute atomic E-state index is 5.23. The molecule has 0 saturated heterocycles. The number of nitrogens with one attached hydrogen (secondary N) is 1. The lowest BCUT2D eigenvalue weighted by Gasteiger charge is -2.12. The van der Waals surface area contributed by atoms with Crippen molar-refractivity contribution in [1.29, 1.82) is 0 Å². The monoisotopic (exact) mass is 257 g/mol. The zero-order valence-electron chi connectivity index (χ0n) is 11.8. The van der Waals surface area contributed by atoms with Crippen LogP contribution in [0.15, 0.2) is 24.3 Å². The minimum Gasteiger partial charge on any atom is -0.380 e. The van der Waals surface area contributed by atoms with Gasteiger partial charge in [0.25, 0.3) is 0 Å². The van der Waals surface area contributed by atoms with Crippen LogP contribution in [-0.4, -0.2) is 24.1 Å². The maximum atomic E-state index is 5.23. The number of aromatic nitrogens is 2. The number of aryl methyl sites for hydroxylation is 1. The molecule has 1 N–H and O–H groups in total. The zero-order chi connectivity index (χ0) is 13.8. The standard InChI is InChI=1S/C15H19N3O/c1-10-11(2)17-15(18-14(10)16-3)13-8-6-5-7-12(13)9-19-4/h5-8H,9H2,1-4H3,(H,16,17,18). The molecule has 1 aromatic carbocycles. The highest BCUT2D eigenvalue weighted by atomic mass is 16.5. The third-order valence-corrected chi connectivity index (χ3v) is 3.18. The van der Waals surface area contributed by atoms with Gasteiger partial charge in [0.15, 0.2) is 5.82 Å². The summed E-state index contributed by atoms with van der Waals surface area (Å²) in [4.78, 5) is 9.17. The molecule has 0 saturated carbocycles. The molecule has 1 aromatic heterocycles. The summed E-state index contributed by atoms with van der Waals surface area (Å²) in [5.41, 5.74) is 4.18. The highest BCUT2D eigenvalue weighted by molar-refractivity contribution is 5.63. The summed E-state index contributed by atoms with van der Waals surface area (Å²) < 4.78 is 5.23. The molecule has 100 valence electrons. The van der Waals surface area contributed by atoms with Crippen LogP contribution in [0, 0.1) is 13.8 Å². The van der Waals surface area contributed by atoms with Gasteiger partial charge in [-0.05, 0) is 19.4 Å². The van der Waals surface area contributed by atoms with Crippen LogP contribution in [0.25, 0.3) is 11.4 Å². The van der Waals surface area contributed by atoms with Crippen LogP contribution in [0.3, 0.4) is 0 Å². The second kappa shape index (κ2) is 5.80. The Morgan fingerprint density at radius 2 is 1.89 bits per heavy atom. The Bertz CT molecular complexity index is 582. The van der Waals surface area contributed by atoms with E-state index in [4.69, 9.17) is 4.74 Å². The van der Waals surface area contributed by atoms with Gasteiger partial charge in [0.05, 0.1) is 6.61 Å². The molecule has 0 aliphatic rings. The average Bonchev–Trinajstić information content (AvgIpc) is 2.43. The lowest BCUT2D eigenvalue weighted by atomic mass is 10.1. The van der Waals surface area contributed by atoms with E-state index in [2.05, 4.69) is 15.3 Å². The highest BCUT2D eigenvalue weighted by Gasteiger charge is 2.11. The van der Waals surface area contributed by atoms with Crippen LogP contribution in [0.2, 0.25) is 0 Å². The minimum absolute atomic E-state index is 0.557.